The fourth-order valence-corrected chi connectivity index (χ4v) is 5.21. The molecule has 0 saturated carbocycles. The van der Waals surface area contributed by atoms with Crippen LogP contribution in [0.5, 0.6) is 0 Å². The third kappa shape index (κ3) is 4.02. The first kappa shape index (κ1) is 20.7. The number of anilines is 2. The smallest absolute Gasteiger partial charge is 0.261 e. The zero-order valence-electron chi connectivity index (χ0n) is 16.6. The zero-order valence-corrected chi connectivity index (χ0v) is 18.2. The molecule has 1 heterocycles. The van der Waals surface area contributed by atoms with E-state index < -0.39 is 15.8 Å². The molecule has 1 aliphatic heterocycles. The number of hydrogen-bond donors (Lipinski definition) is 2. The van der Waals surface area contributed by atoms with Crippen molar-refractivity contribution in [2.24, 2.45) is 0 Å². The molecular weight excluding hydrogens is 423 g/mol. The summed E-state index contributed by atoms with van der Waals surface area (Å²) in [5.74, 6) is -0.485. The molecule has 0 radical (unpaired) electrons. The molecule has 1 aliphatic rings. The molecule has 0 spiro atoms. The van der Waals surface area contributed by atoms with E-state index in [1.54, 1.807) is 6.07 Å². The van der Waals surface area contributed by atoms with Crippen LogP contribution in [-0.4, -0.2) is 8.42 Å². The van der Waals surface area contributed by atoms with Gasteiger partial charge < -0.3 is 5.32 Å². The highest BCUT2D eigenvalue weighted by Crippen LogP contribution is 2.46. The molecule has 3 aromatic rings. The highest BCUT2D eigenvalue weighted by atomic mass is 35.5. The molecule has 0 fully saturated rings. The summed E-state index contributed by atoms with van der Waals surface area (Å²) in [5, 5.41) is 4.18. The molecule has 0 amide bonds. The predicted molar refractivity (Wildman–Crippen MR) is 119 cm³/mol. The van der Waals surface area contributed by atoms with Crippen molar-refractivity contribution in [3.8, 4) is 0 Å². The number of rotatable bonds is 4. The average Bonchev–Trinajstić information content (AvgIpc) is 2.68. The molecule has 4 rings (SSSR count). The van der Waals surface area contributed by atoms with Crippen LogP contribution >= 0.6 is 11.6 Å². The van der Waals surface area contributed by atoms with Gasteiger partial charge in [-0.3, -0.25) is 4.72 Å². The van der Waals surface area contributed by atoms with Gasteiger partial charge in [-0.05, 0) is 65.4 Å². The van der Waals surface area contributed by atoms with Crippen LogP contribution in [0.15, 0.2) is 71.6 Å². The highest BCUT2D eigenvalue weighted by molar-refractivity contribution is 7.92. The van der Waals surface area contributed by atoms with Crippen LogP contribution in [0, 0.1) is 5.82 Å². The first-order valence-corrected chi connectivity index (χ1v) is 11.5. The monoisotopic (exact) mass is 444 g/mol. The predicted octanol–water partition coefficient (Wildman–Crippen LogP) is 6.11. The maximum Gasteiger partial charge on any atom is 0.261 e. The third-order valence-corrected chi connectivity index (χ3v) is 7.15. The Morgan fingerprint density at radius 1 is 1.07 bits per heavy atom. The third-order valence-electron chi connectivity index (χ3n) is 5.44. The van der Waals surface area contributed by atoms with Gasteiger partial charge in [0.15, 0.2) is 0 Å². The molecule has 156 valence electrons. The van der Waals surface area contributed by atoms with Crippen molar-refractivity contribution in [1.29, 1.82) is 0 Å². The molecule has 0 saturated heterocycles. The topological polar surface area (TPSA) is 58.2 Å². The van der Waals surface area contributed by atoms with Gasteiger partial charge in [-0.1, -0.05) is 49.7 Å². The number of fused-ring (bicyclic) bond motifs is 1. The van der Waals surface area contributed by atoms with Gasteiger partial charge in [0.25, 0.3) is 10.0 Å². The maximum atomic E-state index is 13.1. The fourth-order valence-electron chi connectivity index (χ4n) is 3.93. The minimum Gasteiger partial charge on any atom is -0.377 e. The van der Waals surface area contributed by atoms with Gasteiger partial charge in [0.05, 0.1) is 21.6 Å². The molecule has 7 heteroatoms. The van der Waals surface area contributed by atoms with Crippen molar-refractivity contribution in [2.75, 3.05) is 10.0 Å². The van der Waals surface area contributed by atoms with Crippen molar-refractivity contribution < 1.29 is 12.8 Å². The molecule has 30 heavy (non-hydrogen) atoms. The van der Waals surface area contributed by atoms with E-state index in [1.165, 1.54) is 17.7 Å². The summed E-state index contributed by atoms with van der Waals surface area (Å²) >= 11 is 6.44. The molecule has 3 aromatic carbocycles. The zero-order chi connectivity index (χ0) is 21.5. The molecule has 1 unspecified atom stereocenters. The lowest BCUT2D eigenvalue weighted by atomic mass is 9.74. The first-order chi connectivity index (χ1) is 14.2. The SMILES string of the molecule is CC1(C)CC(c2cccc(NS(=O)(=O)c3ccc(F)cc3)c2)Nc2c(Cl)cccc21. The van der Waals surface area contributed by atoms with Gasteiger partial charge in [0, 0.05) is 5.69 Å². The van der Waals surface area contributed by atoms with Gasteiger partial charge >= 0.3 is 0 Å². The minimum absolute atomic E-state index is 0.00642. The molecule has 2 N–H and O–H groups in total. The van der Waals surface area contributed by atoms with E-state index in [9.17, 15) is 12.8 Å². The Morgan fingerprint density at radius 2 is 1.77 bits per heavy atom. The number of para-hydroxylation sites is 1. The first-order valence-electron chi connectivity index (χ1n) is 9.60. The molecule has 1 atom stereocenters. The van der Waals surface area contributed by atoms with E-state index in [0.29, 0.717) is 10.7 Å². The number of sulfonamides is 1. The Kier molecular flexibility index (Phi) is 5.24. The summed E-state index contributed by atoms with van der Waals surface area (Å²) in [6.07, 6.45) is 0.828. The van der Waals surface area contributed by atoms with E-state index >= 15 is 0 Å². The van der Waals surface area contributed by atoms with Gasteiger partial charge in [-0.15, -0.1) is 0 Å². The second kappa shape index (κ2) is 7.60. The van der Waals surface area contributed by atoms with Crippen molar-refractivity contribution in [2.45, 2.75) is 36.6 Å². The Hall–Kier alpha value is -2.57. The molecule has 4 nitrogen and oxygen atoms in total. The molecule has 0 bridgehead atoms. The van der Waals surface area contributed by atoms with E-state index in [4.69, 9.17) is 11.6 Å². The van der Waals surface area contributed by atoms with E-state index in [0.717, 1.165) is 29.8 Å². The van der Waals surface area contributed by atoms with Crippen LogP contribution < -0.4 is 10.0 Å². The van der Waals surface area contributed by atoms with Gasteiger partial charge in [0.1, 0.15) is 5.82 Å². The maximum absolute atomic E-state index is 13.1. The van der Waals surface area contributed by atoms with Crippen molar-refractivity contribution >= 4 is 33.0 Å². The molecule has 0 aliphatic carbocycles. The summed E-state index contributed by atoms with van der Waals surface area (Å²) in [4.78, 5) is 0.00642. The van der Waals surface area contributed by atoms with Crippen molar-refractivity contribution in [3.63, 3.8) is 0 Å². The van der Waals surface area contributed by atoms with Crippen LogP contribution in [0.4, 0.5) is 15.8 Å². The van der Waals surface area contributed by atoms with E-state index in [1.807, 2.05) is 30.3 Å². The van der Waals surface area contributed by atoms with E-state index in [2.05, 4.69) is 30.0 Å². The minimum atomic E-state index is -3.81. The van der Waals surface area contributed by atoms with Crippen LogP contribution in [0.3, 0.4) is 0 Å². The Morgan fingerprint density at radius 3 is 2.50 bits per heavy atom. The Balaban J connectivity index is 1.63. The number of nitrogens with one attached hydrogen (secondary N) is 2. The second-order valence-corrected chi connectivity index (χ2v) is 10.2. The number of benzene rings is 3. The lowest BCUT2D eigenvalue weighted by Crippen LogP contribution is -2.31. The second-order valence-electron chi connectivity index (χ2n) is 8.13. The fraction of sp³-hybridized carbons (Fsp3) is 0.217. The Labute approximate surface area is 181 Å². The van der Waals surface area contributed by atoms with E-state index in [-0.39, 0.29) is 16.4 Å². The van der Waals surface area contributed by atoms with Gasteiger partial charge in [-0.2, -0.15) is 0 Å². The lowest BCUT2D eigenvalue weighted by Gasteiger charge is -2.39. The normalized spacial score (nSPS) is 17.7. The average molecular weight is 445 g/mol. The number of hydrogen-bond acceptors (Lipinski definition) is 3. The highest BCUT2D eigenvalue weighted by Gasteiger charge is 2.34. The largest absolute Gasteiger partial charge is 0.377 e. The van der Waals surface area contributed by atoms with Gasteiger partial charge in [0.2, 0.25) is 0 Å². The van der Waals surface area contributed by atoms with Crippen LogP contribution in [0.1, 0.15) is 37.4 Å². The lowest BCUT2D eigenvalue weighted by molar-refractivity contribution is 0.427. The van der Waals surface area contributed by atoms with Crippen molar-refractivity contribution in [3.05, 3.63) is 88.7 Å². The van der Waals surface area contributed by atoms with Gasteiger partial charge in [-0.25, -0.2) is 12.8 Å². The Bertz CT molecular complexity index is 1190. The molecule has 0 aromatic heterocycles. The standard InChI is InChI=1S/C23H22ClFN2O2S/c1-23(2)14-21(26-22-19(23)7-4-8-20(22)24)15-5-3-6-17(13-15)27-30(28,29)18-11-9-16(25)10-12-18/h3-13,21,26-27H,14H2,1-2H3. The summed E-state index contributed by atoms with van der Waals surface area (Å²) in [6, 6.07) is 17.9. The number of halogens is 2. The summed E-state index contributed by atoms with van der Waals surface area (Å²) in [7, 11) is -3.81. The van der Waals surface area contributed by atoms with Crippen molar-refractivity contribution in [1.82, 2.24) is 0 Å². The summed E-state index contributed by atoms with van der Waals surface area (Å²) < 4.78 is 41.0. The quantitative estimate of drug-likeness (QED) is 0.510. The summed E-state index contributed by atoms with van der Waals surface area (Å²) in [5.41, 5.74) is 3.38. The molecular formula is C23H22ClFN2O2S. The van der Waals surface area contributed by atoms with Crippen LogP contribution in [-0.2, 0) is 15.4 Å². The summed E-state index contributed by atoms with van der Waals surface area (Å²) in [6.45, 7) is 4.36. The van der Waals surface area contributed by atoms with Crippen LogP contribution in [0.2, 0.25) is 5.02 Å². The van der Waals surface area contributed by atoms with Crippen LogP contribution in [0.25, 0.3) is 0 Å².